The molecule has 2 aromatic rings. The number of anilines is 2. The number of carbonyl (C=O) groups is 2. The molecule has 0 spiro atoms. The first-order chi connectivity index (χ1) is 13.0. The van der Waals surface area contributed by atoms with Crippen molar-refractivity contribution in [1.29, 1.82) is 0 Å². The Labute approximate surface area is 161 Å². The fourth-order valence-electron chi connectivity index (χ4n) is 2.64. The summed E-state index contributed by atoms with van der Waals surface area (Å²) in [5.41, 5.74) is 1.27. The summed E-state index contributed by atoms with van der Waals surface area (Å²) in [4.78, 5) is 24.0. The van der Waals surface area contributed by atoms with Crippen LogP contribution in [-0.2, 0) is 4.79 Å². The van der Waals surface area contributed by atoms with Gasteiger partial charge < -0.3 is 24.8 Å². The van der Waals surface area contributed by atoms with Gasteiger partial charge in [0.1, 0.15) is 5.75 Å². The molecule has 0 saturated heterocycles. The zero-order valence-corrected chi connectivity index (χ0v) is 15.7. The van der Waals surface area contributed by atoms with Gasteiger partial charge in [-0.2, -0.15) is 0 Å². The minimum Gasteiger partial charge on any atom is -0.495 e. The van der Waals surface area contributed by atoms with Crippen molar-refractivity contribution in [3.63, 3.8) is 0 Å². The highest BCUT2D eigenvalue weighted by atomic mass is 35.5. The van der Waals surface area contributed by atoms with E-state index in [0.29, 0.717) is 52.4 Å². The van der Waals surface area contributed by atoms with Crippen LogP contribution in [0.5, 0.6) is 17.2 Å². The summed E-state index contributed by atoms with van der Waals surface area (Å²) in [5.74, 6) is 0.718. The summed E-state index contributed by atoms with van der Waals surface area (Å²) < 4.78 is 16.5. The molecule has 27 heavy (non-hydrogen) atoms. The van der Waals surface area contributed by atoms with Gasteiger partial charge in [0, 0.05) is 24.6 Å². The maximum atomic E-state index is 12.7. The number of ether oxygens (including phenoxy) is 3. The molecular weight excluding hydrogens is 372 g/mol. The predicted molar refractivity (Wildman–Crippen MR) is 102 cm³/mol. The SMILES string of the molecule is COc1ccc(NC(C)=O)cc1NC(=O)c1cc(Cl)c2c(c1)OCCCO2. The minimum absolute atomic E-state index is 0.216. The first-order valence-corrected chi connectivity index (χ1v) is 8.72. The number of fused-ring (bicyclic) bond motifs is 1. The fourth-order valence-corrected chi connectivity index (χ4v) is 2.91. The standard InChI is InChI=1S/C19H19ClN2O5/c1-11(23)21-13-4-5-16(25-2)15(10-13)22-19(24)12-8-14(20)18-17(9-12)26-6-3-7-27-18/h4-5,8-10H,3,6-7H2,1-2H3,(H,21,23)(H,22,24). The molecule has 2 amide bonds. The van der Waals surface area contributed by atoms with Gasteiger partial charge in [-0.1, -0.05) is 11.6 Å². The quantitative estimate of drug-likeness (QED) is 0.830. The van der Waals surface area contributed by atoms with Gasteiger partial charge in [0.2, 0.25) is 5.91 Å². The topological polar surface area (TPSA) is 85.9 Å². The first kappa shape index (κ1) is 18.8. The molecule has 0 bridgehead atoms. The van der Waals surface area contributed by atoms with E-state index in [9.17, 15) is 9.59 Å². The normalized spacial score (nSPS) is 12.7. The van der Waals surface area contributed by atoms with Crippen LogP contribution in [0.1, 0.15) is 23.7 Å². The lowest BCUT2D eigenvalue weighted by Gasteiger charge is -2.14. The molecule has 1 aliphatic heterocycles. The molecule has 142 valence electrons. The Morgan fingerprint density at radius 3 is 2.63 bits per heavy atom. The van der Waals surface area contributed by atoms with E-state index in [1.54, 1.807) is 24.3 Å². The predicted octanol–water partition coefficient (Wildman–Crippen LogP) is 3.72. The van der Waals surface area contributed by atoms with Gasteiger partial charge in [-0.15, -0.1) is 0 Å². The molecule has 0 atom stereocenters. The van der Waals surface area contributed by atoms with E-state index >= 15 is 0 Å². The second-order valence-corrected chi connectivity index (χ2v) is 6.29. The molecule has 2 N–H and O–H groups in total. The average Bonchev–Trinajstić information content (AvgIpc) is 2.87. The number of methoxy groups -OCH3 is 1. The van der Waals surface area contributed by atoms with E-state index in [2.05, 4.69) is 10.6 Å². The Kier molecular flexibility index (Phi) is 5.71. The van der Waals surface area contributed by atoms with E-state index in [4.69, 9.17) is 25.8 Å². The Bertz CT molecular complexity index is 885. The molecule has 0 radical (unpaired) electrons. The van der Waals surface area contributed by atoms with E-state index < -0.39 is 5.91 Å². The number of hydrogen-bond acceptors (Lipinski definition) is 5. The average molecular weight is 391 g/mol. The summed E-state index contributed by atoms with van der Waals surface area (Å²) in [7, 11) is 1.49. The van der Waals surface area contributed by atoms with Crippen LogP contribution >= 0.6 is 11.6 Å². The molecule has 7 nitrogen and oxygen atoms in total. The van der Waals surface area contributed by atoms with Gasteiger partial charge in [-0.3, -0.25) is 9.59 Å². The van der Waals surface area contributed by atoms with Crippen molar-refractivity contribution in [2.45, 2.75) is 13.3 Å². The molecule has 2 aromatic carbocycles. The third kappa shape index (κ3) is 4.43. The highest BCUT2D eigenvalue weighted by Crippen LogP contribution is 2.38. The second kappa shape index (κ2) is 8.18. The molecule has 0 saturated carbocycles. The maximum absolute atomic E-state index is 12.7. The second-order valence-electron chi connectivity index (χ2n) is 5.89. The number of halogens is 1. The van der Waals surface area contributed by atoms with Crippen LogP contribution in [0.15, 0.2) is 30.3 Å². The molecule has 0 aromatic heterocycles. The highest BCUT2D eigenvalue weighted by Gasteiger charge is 2.19. The third-order valence-electron chi connectivity index (χ3n) is 3.83. The van der Waals surface area contributed by atoms with Crippen molar-refractivity contribution in [3.8, 4) is 17.2 Å². The van der Waals surface area contributed by atoms with Gasteiger partial charge in [-0.05, 0) is 30.3 Å². The molecule has 1 aliphatic rings. The van der Waals surface area contributed by atoms with Crippen LogP contribution in [0, 0.1) is 0 Å². The van der Waals surface area contributed by atoms with E-state index in [-0.39, 0.29) is 5.91 Å². The van der Waals surface area contributed by atoms with Crippen LogP contribution in [0.3, 0.4) is 0 Å². The third-order valence-corrected chi connectivity index (χ3v) is 4.11. The number of amides is 2. The molecule has 0 fully saturated rings. The monoisotopic (exact) mass is 390 g/mol. The molecule has 8 heteroatoms. The van der Waals surface area contributed by atoms with Crippen molar-refractivity contribution in [3.05, 3.63) is 40.9 Å². The van der Waals surface area contributed by atoms with Gasteiger partial charge in [0.25, 0.3) is 5.91 Å². The smallest absolute Gasteiger partial charge is 0.255 e. The Morgan fingerprint density at radius 1 is 1.11 bits per heavy atom. The van der Waals surface area contributed by atoms with Crippen LogP contribution in [0.25, 0.3) is 0 Å². The van der Waals surface area contributed by atoms with Crippen LogP contribution in [0.2, 0.25) is 5.02 Å². The molecule has 3 rings (SSSR count). The molecule has 1 heterocycles. The number of rotatable bonds is 4. The first-order valence-electron chi connectivity index (χ1n) is 8.34. The summed E-state index contributed by atoms with van der Waals surface area (Å²) >= 11 is 6.25. The van der Waals surface area contributed by atoms with E-state index in [1.807, 2.05) is 0 Å². The van der Waals surface area contributed by atoms with Crippen molar-refractivity contribution in [2.24, 2.45) is 0 Å². The lowest BCUT2D eigenvalue weighted by molar-refractivity contribution is -0.114. The van der Waals surface area contributed by atoms with Crippen LogP contribution in [-0.4, -0.2) is 32.1 Å². The van der Waals surface area contributed by atoms with E-state index in [0.717, 1.165) is 6.42 Å². The van der Waals surface area contributed by atoms with Crippen LogP contribution < -0.4 is 24.8 Å². The van der Waals surface area contributed by atoms with Gasteiger partial charge >= 0.3 is 0 Å². The fraction of sp³-hybridized carbons (Fsp3) is 0.263. The lowest BCUT2D eigenvalue weighted by atomic mass is 10.1. The van der Waals surface area contributed by atoms with Gasteiger partial charge in [0.05, 0.1) is 31.0 Å². The summed E-state index contributed by atoms with van der Waals surface area (Å²) in [5, 5.41) is 5.74. The number of carbonyl (C=O) groups excluding carboxylic acids is 2. The zero-order chi connectivity index (χ0) is 19.4. The van der Waals surface area contributed by atoms with Gasteiger partial charge in [0.15, 0.2) is 11.5 Å². The van der Waals surface area contributed by atoms with Crippen molar-refractivity contribution >= 4 is 34.8 Å². The summed E-state index contributed by atoms with van der Waals surface area (Å²) in [6.45, 7) is 2.40. The maximum Gasteiger partial charge on any atom is 0.255 e. The molecular formula is C19H19ClN2O5. The summed E-state index contributed by atoms with van der Waals surface area (Å²) in [6.07, 6.45) is 0.736. The Balaban J connectivity index is 1.88. The lowest BCUT2D eigenvalue weighted by Crippen LogP contribution is -2.14. The van der Waals surface area contributed by atoms with Crippen molar-refractivity contribution < 1.29 is 23.8 Å². The van der Waals surface area contributed by atoms with E-state index in [1.165, 1.54) is 20.1 Å². The number of hydrogen-bond donors (Lipinski definition) is 2. The number of nitrogens with one attached hydrogen (secondary N) is 2. The molecule has 0 aliphatic carbocycles. The largest absolute Gasteiger partial charge is 0.495 e. The number of benzene rings is 2. The minimum atomic E-state index is -0.397. The van der Waals surface area contributed by atoms with Crippen molar-refractivity contribution in [2.75, 3.05) is 31.0 Å². The Morgan fingerprint density at radius 2 is 1.89 bits per heavy atom. The summed E-state index contributed by atoms with van der Waals surface area (Å²) in [6, 6.07) is 8.06. The Hall–Kier alpha value is -2.93. The molecule has 0 unspecified atom stereocenters. The van der Waals surface area contributed by atoms with Crippen LogP contribution in [0.4, 0.5) is 11.4 Å². The highest BCUT2D eigenvalue weighted by molar-refractivity contribution is 6.32. The zero-order valence-electron chi connectivity index (χ0n) is 14.9. The van der Waals surface area contributed by atoms with Gasteiger partial charge in [-0.25, -0.2) is 0 Å². The van der Waals surface area contributed by atoms with Crippen molar-refractivity contribution in [1.82, 2.24) is 0 Å².